The molecule has 2 fully saturated rings. The molecule has 1 aliphatic carbocycles. The van der Waals surface area contributed by atoms with Gasteiger partial charge in [-0.05, 0) is 67.4 Å². The number of thioether (sulfide) groups is 1. The molecule has 1 saturated heterocycles. The Bertz CT molecular complexity index is 1100. The summed E-state index contributed by atoms with van der Waals surface area (Å²) in [6.45, 7) is 3.11. The average molecular weight is 475 g/mol. The first-order valence-electron chi connectivity index (χ1n) is 11.0. The van der Waals surface area contributed by atoms with Crippen LogP contribution in [-0.4, -0.2) is 55.0 Å². The van der Waals surface area contributed by atoms with Gasteiger partial charge in [0.05, 0.1) is 5.56 Å². The summed E-state index contributed by atoms with van der Waals surface area (Å²) in [5, 5.41) is 9.41. The zero-order valence-corrected chi connectivity index (χ0v) is 19.1. The summed E-state index contributed by atoms with van der Waals surface area (Å²) in [6, 6.07) is 7.58. The highest BCUT2D eigenvalue weighted by molar-refractivity contribution is 7.99. The number of nitrogens with zero attached hydrogens (tertiary/aromatic N) is 6. The highest BCUT2D eigenvalue weighted by atomic mass is 32.2. The van der Waals surface area contributed by atoms with E-state index in [0.717, 1.165) is 66.9 Å². The fourth-order valence-corrected chi connectivity index (χ4v) is 5.72. The fourth-order valence-electron chi connectivity index (χ4n) is 4.89. The maximum atomic E-state index is 12.8. The second kappa shape index (κ2) is 8.72. The summed E-state index contributed by atoms with van der Waals surface area (Å²) in [6.07, 6.45) is 2.16. The van der Waals surface area contributed by atoms with Crippen LogP contribution in [0.15, 0.2) is 48.0 Å². The zero-order chi connectivity index (χ0) is 23.1. The Hall–Kier alpha value is -2.46. The molecule has 1 aromatic carbocycles. The average Bonchev–Trinajstić information content (AvgIpc) is 3.15. The van der Waals surface area contributed by atoms with Crippen LogP contribution in [0.4, 0.5) is 13.2 Å². The molecular formula is C23H25F3N6S. The van der Waals surface area contributed by atoms with Gasteiger partial charge in [-0.15, -0.1) is 10.2 Å². The van der Waals surface area contributed by atoms with Crippen LogP contribution in [0.1, 0.15) is 36.3 Å². The van der Waals surface area contributed by atoms with Crippen molar-refractivity contribution in [1.82, 2.24) is 29.6 Å². The van der Waals surface area contributed by atoms with E-state index in [0.29, 0.717) is 5.92 Å². The Kier molecular flexibility index (Phi) is 5.90. The van der Waals surface area contributed by atoms with Gasteiger partial charge in [0.1, 0.15) is 12.0 Å². The quantitative estimate of drug-likeness (QED) is 0.367. The second-order valence-electron chi connectivity index (χ2n) is 8.93. The number of alkyl halides is 3. The molecule has 2 atom stereocenters. The lowest BCUT2D eigenvalue weighted by Crippen LogP contribution is -2.23. The molecule has 0 N–H and O–H groups in total. The molecule has 3 heterocycles. The van der Waals surface area contributed by atoms with E-state index < -0.39 is 11.7 Å². The van der Waals surface area contributed by atoms with E-state index in [1.54, 1.807) is 30.1 Å². The first-order chi connectivity index (χ1) is 15.9. The monoisotopic (exact) mass is 474 g/mol. The molecule has 174 valence electrons. The van der Waals surface area contributed by atoms with E-state index >= 15 is 0 Å². The van der Waals surface area contributed by atoms with Crippen molar-refractivity contribution < 1.29 is 13.2 Å². The van der Waals surface area contributed by atoms with E-state index in [4.69, 9.17) is 0 Å². The predicted octanol–water partition coefficient (Wildman–Crippen LogP) is 4.65. The Morgan fingerprint density at radius 2 is 1.97 bits per heavy atom. The first kappa shape index (κ1) is 22.3. The standard InChI is InChI=1S/C23H25F3N6S/c1-31-20(19-7-9-27-15-28-19)29-30-21(31)33-12-2-10-32-11-8-22(14-32)13-18(22)16-3-5-17(6-4-16)23(24,25)26/h3-7,9,15,18H,2,8,10-14H2,1H3/t18-,22?/m0/s1. The van der Waals surface area contributed by atoms with Gasteiger partial charge < -0.3 is 9.47 Å². The highest BCUT2D eigenvalue weighted by Gasteiger charge is 2.57. The maximum Gasteiger partial charge on any atom is 0.416 e. The third-order valence-electron chi connectivity index (χ3n) is 6.79. The molecule has 1 spiro atoms. The van der Waals surface area contributed by atoms with Gasteiger partial charge in [-0.1, -0.05) is 23.9 Å². The van der Waals surface area contributed by atoms with Crippen LogP contribution in [0.25, 0.3) is 11.5 Å². The Balaban J connectivity index is 1.09. The van der Waals surface area contributed by atoms with Crippen LogP contribution in [0.3, 0.4) is 0 Å². The summed E-state index contributed by atoms with van der Waals surface area (Å²) < 4.78 is 40.4. The van der Waals surface area contributed by atoms with Crippen molar-refractivity contribution in [3.63, 3.8) is 0 Å². The summed E-state index contributed by atoms with van der Waals surface area (Å²) in [5.74, 6) is 2.06. The molecular weight excluding hydrogens is 449 g/mol. The SMILES string of the molecule is Cn1c(SCCCN2CCC3(C[C@H]3c3ccc(C(F)(F)F)cc3)C2)nnc1-c1ccncn1. The minimum Gasteiger partial charge on any atom is -0.304 e. The van der Waals surface area contributed by atoms with Crippen molar-refractivity contribution in [3.05, 3.63) is 54.0 Å². The molecule has 2 aromatic heterocycles. The third-order valence-corrected chi connectivity index (χ3v) is 7.90. The van der Waals surface area contributed by atoms with E-state index in [1.807, 2.05) is 17.7 Å². The van der Waals surface area contributed by atoms with Crippen LogP contribution >= 0.6 is 11.8 Å². The summed E-state index contributed by atoms with van der Waals surface area (Å²) >= 11 is 1.69. The number of aromatic nitrogens is 5. The third kappa shape index (κ3) is 4.63. The number of benzene rings is 1. The van der Waals surface area contributed by atoms with Crippen molar-refractivity contribution in [3.8, 4) is 11.5 Å². The van der Waals surface area contributed by atoms with E-state index in [9.17, 15) is 13.2 Å². The lowest BCUT2D eigenvalue weighted by atomic mass is 9.97. The number of likely N-dealkylation sites (tertiary alicyclic amines) is 1. The normalized spacial score (nSPS) is 22.8. The van der Waals surface area contributed by atoms with E-state index in [1.165, 1.54) is 18.5 Å². The molecule has 3 aromatic rings. The summed E-state index contributed by atoms with van der Waals surface area (Å²) in [7, 11) is 1.94. The zero-order valence-electron chi connectivity index (χ0n) is 18.3. The Morgan fingerprint density at radius 3 is 2.70 bits per heavy atom. The molecule has 5 rings (SSSR count). The van der Waals surface area contributed by atoms with Gasteiger partial charge >= 0.3 is 6.18 Å². The molecule has 0 bridgehead atoms. The summed E-state index contributed by atoms with van der Waals surface area (Å²) in [5.41, 5.74) is 1.48. The molecule has 33 heavy (non-hydrogen) atoms. The van der Waals surface area contributed by atoms with Gasteiger partial charge in [0.25, 0.3) is 0 Å². The number of hydrogen-bond acceptors (Lipinski definition) is 6. The van der Waals surface area contributed by atoms with Crippen molar-refractivity contribution in [2.24, 2.45) is 12.5 Å². The van der Waals surface area contributed by atoms with Crippen LogP contribution < -0.4 is 0 Å². The Morgan fingerprint density at radius 1 is 1.15 bits per heavy atom. The van der Waals surface area contributed by atoms with Gasteiger partial charge in [0.15, 0.2) is 11.0 Å². The van der Waals surface area contributed by atoms with Crippen molar-refractivity contribution in [2.75, 3.05) is 25.4 Å². The largest absolute Gasteiger partial charge is 0.416 e. The van der Waals surface area contributed by atoms with Gasteiger partial charge in [0.2, 0.25) is 0 Å². The predicted molar refractivity (Wildman–Crippen MR) is 120 cm³/mol. The molecule has 1 unspecified atom stereocenters. The molecule has 1 saturated carbocycles. The molecule has 0 radical (unpaired) electrons. The molecule has 1 aliphatic heterocycles. The topological polar surface area (TPSA) is 59.7 Å². The number of halogens is 3. The van der Waals surface area contributed by atoms with Gasteiger partial charge in [-0.3, -0.25) is 0 Å². The van der Waals surface area contributed by atoms with Crippen LogP contribution in [0.2, 0.25) is 0 Å². The van der Waals surface area contributed by atoms with Crippen LogP contribution in [0.5, 0.6) is 0 Å². The molecule has 10 heteroatoms. The number of rotatable bonds is 7. The van der Waals surface area contributed by atoms with E-state index in [-0.39, 0.29) is 5.41 Å². The number of hydrogen-bond donors (Lipinski definition) is 0. The lowest BCUT2D eigenvalue weighted by molar-refractivity contribution is -0.137. The van der Waals surface area contributed by atoms with Gasteiger partial charge in [-0.25, -0.2) is 9.97 Å². The first-order valence-corrected chi connectivity index (χ1v) is 12.0. The van der Waals surface area contributed by atoms with E-state index in [2.05, 4.69) is 25.1 Å². The van der Waals surface area contributed by atoms with Crippen molar-refractivity contribution in [2.45, 2.75) is 36.5 Å². The minimum atomic E-state index is -4.27. The van der Waals surface area contributed by atoms with Crippen LogP contribution in [0, 0.1) is 5.41 Å². The lowest BCUT2D eigenvalue weighted by Gasteiger charge is -2.16. The van der Waals surface area contributed by atoms with Crippen molar-refractivity contribution in [1.29, 1.82) is 0 Å². The maximum absolute atomic E-state index is 12.8. The fraction of sp³-hybridized carbons (Fsp3) is 0.478. The van der Waals surface area contributed by atoms with Gasteiger partial charge in [0, 0.05) is 25.5 Å². The van der Waals surface area contributed by atoms with Crippen molar-refractivity contribution >= 4 is 11.8 Å². The summed E-state index contributed by atoms with van der Waals surface area (Å²) in [4.78, 5) is 10.7. The molecule has 0 amide bonds. The smallest absolute Gasteiger partial charge is 0.304 e. The van der Waals surface area contributed by atoms with Gasteiger partial charge in [-0.2, -0.15) is 13.2 Å². The molecule has 2 aliphatic rings. The second-order valence-corrected chi connectivity index (χ2v) is 9.99. The highest BCUT2D eigenvalue weighted by Crippen LogP contribution is 2.64. The minimum absolute atomic E-state index is 0.253. The Labute approximate surface area is 194 Å². The van der Waals surface area contributed by atoms with Crippen LogP contribution in [-0.2, 0) is 13.2 Å². The molecule has 6 nitrogen and oxygen atoms in total.